The molecule has 1 aliphatic rings. The SMILES string of the molecule is COc1ccc(S(=O)(=O)N2CCCCC2)cc1NS(=O)(=O)c1ccc(SC)cc1. The van der Waals surface area contributed by atoms with Crippen molar-refractivity contribution >= 4 is 37.5 Å². The molecule has 0 radical (unpaired) electrons. The van der Waals surface area contributed by atoms with E-state index in [1.807, 2.05) is 6.26 Å². The maximum atomic E-state index is 13.0. The van der Waals surface area contributed by atoms with Crippen LogP contribution in [-0.2, 0) is 20.0 Å². The molecular formula is C19H24N2O5S3. The highest BCUT2D eigenvalue weighted by Gasteiger charge is 2.27. The number of nitrogens with one attached hydrogen (secondary N) is 1. The van der Waals surface area contributed by atoms with Gasteiger partial charge in [-0.25, -0.2) is 16.8 Å². The number of benzene rings is 2. The summed E-state index contributed by atoms with van der Waals surface area (Å²) in [5, 5.41) is 0. The van der Waals surface area contributed by atoms with Crippen LogP contribution in [0.25, 0.3) is 0 Å². The van der Waals surface area contributed by atoms with E-state index in [-0.39, 0.29) is 21.2 Å². The van der Waals surface area contributed by atoms with E-state index >= 15 is 0 Å². The smallest absolute Gasteiger partial charge is 0.262 e. The minimum Gasteiger partial charge on any atom is -0.495 e. The summed E-state index contributed by atoms with van der Waals surface area (Å²) in [7, 11) is -6.20. The Kier molecular flexibility index (Phi) is 6.77. The Labute approximate surface area is 176 Å². The molecule has 1 heterocycles. The zero-order valence-electron chi connectivity index (χ0n) is 16.3. The fourth-order valence-corrected chi connectivity index (χ4v) is 6.15. The van der Waals surface area contributed by atoms with Crippen LogP contribution < -0.4 is 9.46 Å². The number of ether oxygens (including phenoxy) is 1. The van der Waals surface area contributed by atoms with Crippen LogP contribution in [0.4, 0.5) is 5.69 Å². The van der Waals surface area contributed by atoms with Crippen molar-refractivity contribution in [3.63, 3.8) is 0 Å². The minimum absolute atomic E-state index is 0.0376. The van der Waals surface area contributed by atoms with Crippen LogP contribution in [0.3, 0.4) is 0 Å². The first-order valence-corrected chi connectivity index (χ1v) is 13.3. The highest BCUT2D eigenvalue weighted by Crippen LogP contribution is 2.31. The first kappa shape index (κ1) is 21.9. The normalized spacial score (nSPS) is 15.8. The summed E-state index contributed by atoms with van der Waals surface area (Å²) in [4.78, 5) is 1.06. The zero-order valence-corrected chi connectivity index (χ0v) is 18.7. The number of nitrogens with zero attached hydrogens (tertiary/aromatic N) is 1. The van der Waals surface area contributed by atoms with Gasteiger partial charge in [0.2, 0.25) is 10.0 Å². The lowest BCUT2D eigenvalue weighted by Crippen LogP contribution is -2.35. The second-order valence-electron chi connectivity index (χ2n) is 6.61. The molecule has 0 bridgehead atoms. The second kappa shape index (κ2) is 8.95. The van der Waals surface area contributed by atoms with Crippen LogP contribution >= 0.6 is 11.8 Å². The Bertz CT molecular complexity index is 1060. The van der Waals surface area contributed by atoms with Crippen LogP contribution in [0, 0.1) is 0 Å². The van der Waals surface area contributed by atoms with Crippen LogP contribution in [-0.4, -0.2) is 47.6 Å². The van der Waals surface area contributed by atoms with Gasteiger partial charge in [0.05, 0.1) is 22.6 Å². The maximum Gasteiger partial charge on any atom is 0.262 e. The van der Waals surface area contributed by atoms with Gasteiger partial charge < -0.3 is 4.74 Å². The van der Waals surface area contributed by atoms with Crippen molar-refractivity contribution in [1.82, 2.24) is 4.31 Å². The van der Waals surface area contributed by atoms with Gasteiger partial charge in [-0.05, 0) is 61.6 Å². The third-order valence-corrected chi connectivity index (χ3v) is 8.76. The Balaban J connectivity index is 1.94. The molecule has 0 spiro atoms. The van der Waals surface area contributed by atoms with Crippen molar-refractivity contribution in [1.29, 1.82) is 0 Å². The van der Waals surface area contributed by atoms with Crippen LogP contribution in [0.2, 0.25) is 0 Å². The fraction of sp³-hybridized carbons (Fsp3) is 0.368. The molecule has 1 fully saturated rings. The number of thioether (sulfide) groups is 1. The molecule has 0 atom stereocenters. The van der Waals surface area contributed by atoms with E-state index in [9.17, 15) is 16.8 Å². The van der Waals surface area contributed by atoms with Crippen LogP contribution in [0.15, 0.2) is 57.2 Å². The lowest BCUT2D eigenvalue weighted by Gasteiger charge is -2.26. The molecular weight excluding hydrogens is 432 g/mol. The lowest BCUT2D eigenvalue weighted by atomic mass is 10.2. The molecule has 2 aromatic rings. The number of anilines is 1. The van der Waals surface area contributed by atoms with E-state index in [4.69, 9.17) is 4.74 Å². The van der Waals surface area contributed by atoms with E-state index in [0.29, 0.717) is 13.1 Å². The Morgan fingerprint density at radius 2 is 1.55 bits per heavy atom. The summed E-state index contributed by atoms with van der Waals surface area (Å²) >= 11 is 1.51. The predicted octanol–water partition coefficient (Wildman–Crippen LogP) is 3.39. The minimum atomic E-state index is -3.91. The molecule has 1 N–H and O–H groups in total. The van der Waals surface area contributed by atoms with E-state index < -0.39 is 20.0 Å². The Morgan fingerprint density at radius 3 is 2.14 bits per heavy atom. The number of piperidine rings is 1. The van der Waals surface area contributed by atoms with E-state index in [1.165, 1.54) is 53.5 Å². The highest BCUT2D eigenvalue weighted by molar-refractivity contribution is 7.98. The number of rotatable bonds is 7. The predicted molar refractivity (Wildman–Crippen MR) is 115 cm³/mol. The topological polar surface area (TPSA) is 92.8 Å². The molecule has 1 saturated heterocycles. The van der Waals surface area contributed by atoms with Gasteiger partial charge in [-0.1, -0.05) is 6.42 Å². The summed E-state index contributed by atoms with van der Waals surface area (Å²) in [6.07, 6.45) is 4.55. The van der Waals surface area contributed by atoms with Crippen molar-refractivity contribution in [3.8, 4) is 5.75 Å². The second-order valence-corrected chi connectivity index (χ2v) is 11.1. The highest BCUT2D eigenvalue weighted by atomic mass is 32.2. The third-order valence-electron chi connectivity index (χ3n) is 4.74. The largest absolute Gasteiger partial charge is 0.495 e. The zero-order chi connectivity index (χ0) is 21.1. The molecule has 2 aromatic carbocycles. The summed E-state index contributed by atoms with van der Waals surface area (Å²) in [5.74, 6) is 0.243. The first-order chi connectivity index (χ1) is 13.8. The number of sulfonamides is 2. The molecule has 158 valence electrons. The van der Waals surface area contributed by atoms with Gasteiger partial charge in [0.1, 0.15) is 5.75 Å². The van der Waals surface area contributed by atoms with Crippen molar-refractivity contribution in [3.05, 3.63) is 42.5 Å². The van der Waals surface area contributed by atoms with E-state index in [1.54, 1.807) is 12.1 Å². The van der Waals surface area contributed by atoms with Gasteiger partial charge in [-0.3, -0.25) is 4.72 Å². The van der Waals surface area contributed by atoms with Crippen molar-refractivity contribution < 1.29 is 21.6 Å². The Hall–Kier alpha value is -1.75. The van der Waals surface area contributed by atoms with Crippen LogP contribution in [0.5, 0.6) is 5.75 Å². The molecule has 29 heavy (non-hydrogen) atoms. The Morgan fingerprint density at radius 1 is 0.931 bits per heavy atom. The summed E-state index contributed by atoms with van der Waals surface area (Å²) in [6, 6.07) is 10.7. The summed E-state index contributed by atoms with van der Waals surface area (Å²) in [6.45, 7) is 0.939. The molecule has 0 aromatic heterocycles. The maximum absolute atomic E-state index is 13.0. The lowest BCUT2D eigenvalue weighted by molar-refractivity contribution is 0.346. The molecule has 7 nitrogen and oxygen atoms in total. The van der Waals surface area contributed by atoms with Crippen molar-refractivity contribution in [2.75, 3.05) is 31.2 Å². The monoisotopic (exact) mass is 456 g/mol. The van der Waals surface area contributed by atoms with Gasteiger partial charge in [-0.2, -0.15) is 4.31 Å². The molecule has 0 unspecified atom stereocenters. The van der Waals surface area contributed by atoms with Crippen molar-refractivity contribution in [2.45, 2.75) is 33.9 Å². The fourth-order valence-electron chi connectivity index (χ4n) is 3.14. The average Bonchev–Trinajstić information content (AvgIpc) is 2.74. The summed E-state index contributed by atoms with van der Waals surface area (Å²) < 4.78 is 60.6. The molecule has 3 rings (SSSR count). The number of hydrogen-bond acceptors (Lipinski definition) is 6. The van der Waals surface area contributed by atoms with E-state index in [0.717, 1.165) is 24.2 Å². The quantitative estimate of drug-likeness (QED) is 0.642. The van der Waals surface area contributed by atoms with Gasteiger partial charge >= 0.3 is 0 Å². The van der Waals surface area contributed by atoms with E-state index in [2.05, 4.69) is 4.72 Å². The standard InChI is InChI=1S/C19H24N2O5S3/c1-26-19-11-10-17(29(24,25)21-12-4-3-5-13-21)14-18(19)20-28(22,23)16-8-6-15(27-2)7-9-16/h6-11,14,20H,3-5,12-13H2,1-2H3. The van der Waals surface area contributed by atoms with Gasteiger partial charge in [0, 0.05) is 18.0 Å². The first-order valence-electron chi connectivity index (χ1n) is 9.13. The van der Waals surface area contributed by atoms with Gasteiger partial charge in [-0.15, -0.1) is 11.8 Å². The van der Waals surface area contributed by atoms with Gasteiger partial charge in [0.25, 0.3) is 10.0 Å². The van der Waals surface area contributed by atoms with Crippen LogP contribution in [0.1, 0.15) is 19.3 Å². The molecule has 1 aliphatic heterocycles. The molecule has 10 heteroatoms. The third kappa shape index (κ3) is 4.88. The number of hydrogen-bond donors (Lipinski definition) is 1. The van der Waals surface area contributed by atoms with Crippen molar-refractivity contribution in [2.24, 2.45) is 0 Å². The van der Waals surface area contributed by atoms with Gasteiger partial charge in [0.15, 0.2) is 0 Å². The molecule has 0 saturated carbocycles. The summed E-state index contributed by atoms with van der Waals surface area (Å²) in [5.41, 5.74) is 0.0829. The number of methoxy groups -OCH3 is 1. The average molecular weight is 457 g/mol. The molecule has 0 aliphatic carbocycles. The molecule has 0 amide bonds.